The Bertz CT molecular complexity index is 520. The average Bonchev–Trinajstić information content (AvgIpc) is 2.40. The highest BCUT2D eigenvalue weighted by Gasteiger charge is 2.12. The van der Waals surface area contributed by atoms with Crippen LogP contribution < -0.4 is 0 Å². The molecule has 18 heavy (non-hydrogen) atoms. The summed E-state index contributed by atoms with van der Waals surface area (Å²) in [5.41, 5.74) is 3.27. The molecule has 0 aliphatic heterocycles. The van der Waals surface area contributed by atoms with Crippen LogP contribution in [0.15, 0.2) is 54.6 Å². The minimum atomic E-state index is -0.884. The van der Waals surface area contributed by atoms with E-state index < -0.39 is 11.2 Å². The molecule has 0 fully saturated rings. The van der Waals surface area contributed by atoms with Gasteiger partial charge in [-0.25, -0.2) is 0 Å². The van der Waals surface area contributed by atoms with Crippen LogP contribution in [0.1, 0.15) is 5.56 Å². The minimum absolute atomic E-state index is 0.438. The molecular formula is C15H14O2S. The Labute approximate surface area is 112 Å². The fraction of sp³-hybridized carbons (Fsp3) is 0.133. The van der Waals surface area contributed by atoms with Crippen LogP contribution in [0.5, 0.6) is 0 Å². The van der Waals surface area contributed by atoms with Gasteiger partial charge in [-0.1, -0.05) is 54.6 Å². The molecule has 2 nitrogen and oxygen atoms in total. The Hall–Kier alpha value is -1.74. The predicted octanol–water partition coefficient (Wildman–Crippen LogP) is 3.28. The number of carboxylic acids is 1. The lowest BCUT2D eigenvalue weighted by Crippen LogP contribution is -2.15. The average molecular weight is 258 g/mol. The van der Waals surface area contributed by atoms with Crippen LogP contribution in [0, 0.1) is 0 Å². The number of carboxylic acid groups (broad SMARTS) is 1. The molecule has 1 N–H and O–H groups in total. The molecule has 2 rings (SSSR count). The van der Waals surface area contributed by atoms with Crippen LogP contribution in [0.4, 0.5) is 0 Å². The third-order valence-corrected chi connectivity index (χ3v) is 3.18. The maximum Gasteiger partial charge on any atom is 0.316 e. The van der Waals surface area contributed by atoms with E-state index in [0.29, 0.717) is 6.42 Å². The fourth-order valence-electron chi connectivity index (χ4n) is 1.77. The van der Waals surface area contributed by atoms with Crippen LogP contribution in [-0.4, -0.2) is 16.3 Å². The largest absolute Gasteiger partial charge is 0.480 e. The van der Waals surface area contributed by atoms with E-state index in [2.05, 4.69) is 12.6 Å². The van der Waals surface area contributed by atoms with E-state index in [1.807, 2.05) is 54.6 Å². The van der Waals surface area contributed by atoms with Crippen molar-refractivity contribution in [3.63, 3.8) is 0 Å². The Morgan fingerprint density at radius 3 is 2.11 bits per heavy atom. The monoisotopic (exact) mass is 258 g/mol. The summed E-state index contributed by atoms with van der Waals surface area (Å²) in [4.78, 5) is 10.7. The van der Waals surface area contributed by atoms with Crippen molar-refractivity contribution in [1.82, 2.24) is 0 Å². The van der Waals surface area contributed by atoms with Crippen molar-refractivity contribution in [1.29, 1.82) is 0 Å². The third kappa shape index (κ3) is 3.14. The summed E-state index contributed by atoms with van der Waals surface area (Å²) < 4.78 is 0. The molecule has 0 aromatic heterocycles. The van der Waals surface area contributed by atoms with Crippen LogP contribution in [-0.2, 0) is 11.2 Å². The van der Waals surface area contributed by atoms with Gasteiger partial charge in [-0.2, -0.15) is 12.6 Å². The second kappa shape index (κ2) is 5.74. The molecule has 2 aromatic rings. The van der Waals surface area contributed by atoms with Crippen molar-refractivity contribution in [3.8, 4) is 11.1 Å². The fourth-order valence-corrected chi connectivity index (χ4v) is 1.99. The van der Waals surface area contributed by atoms with E-state index in [1.54, 1.807) is 0 Å². The van der Waals surface area contributed by atoms with Gasteiger partial charge < -0.3 is 5.11 Å². The lowest BCUT2D eigenvalue weighted by atomic mass is 10.0. The lowest BCUT2D eigenvalue weighted by Gasteiger charge is -2.07. The van der Waals surface area contributed by atoms with Gasteiger partial charge in [0.15, 0.2) is 0 Å². The van der Waals surface area contributed by atoms with Crippen molar-refractivity contribution in [2.24, 2.45) is 0 Å². The highest BCUT2D eigenvalue weighted by molar-refractivity contribution is 7.81. The van der Waals surface area contributed by atoms with Crippen molar-refractivity contribution < 1.29 is 9.90 Å². The molecule has 0 unspecified atom stereocenters. The maximum absolute atomic E-state index is 10.7. The molecule has 1 atom stereocenters. The first-order valence-corrected chi connectivity index (χ1v) is 6.23. The van der Waals surface area contributed by atoms with Crippen LogP contribution in [0.25, 0.3) is 11.1 Å². The van der Waals surface area contributed by atoms with Crippen LogP contribution in [0.2, 0.25) is 0 Å². The summed E-state index contributed by atoms with van der Waals surface area (Å²) in [5, 5.41) is 8.15. The number of rotatable bonds is 4. The van der Waals surface area contributed by atoms with Gasteiger partial charge in [0.25, 0.3) is 0 Å². The highest BCUT2D eigenvalue weighted by atomic mass is 32.1. The zero-order valence-electron chi connectivity index (χ0n) is 9.78. The van der Waals surface area contributed by atoms with E-state index in [4.69, 9.17) is 5.11 Å². The number of thiol groups is 1. The Morgan fingerprint density at radius 2 is 1.56 bits per heavy atom. The minimum Gasteiger partial charge on any atom is -0.480 e. The lowest BCUT2D eigenvalue weighted by molar-refractivity contribution is -0.136. The second-order valence-corrected chi connectivity index (χ2v) is 4.74. The summed E-state index contributed by atoms with van der Waals surface area (Å²) >= 11 is 4.03. The smallest absolute Gasteiger partial charge is 0.316 e. The van der Waals surface area contributed by atoms with E-state index in [-0.39, 0.29) is 0 Å². The Morgan fingerprint density at radius 1 is 1.00 bits per heavy atom. The second-order valence-electron chi connectivity index (χ2n) is 4.12. The van der Waals surface area contributed by atoms with E-state index in [1.165, 1.54) is 0 Å². The molecule has 3 heteroatoms. The van der Waals surface area contributed by atoms with Gasteiger partial charge in [0.2, 0.25) is 0 Å². The van der Waals surface area contributed by atoms with Gasteiger partial charge in [0.1, 0.15) is 5.25 Å². The summed E-state index contributed by atoms with van der Waals surface area (Å²) in [6, 6.07) is 18.0. The summed E-state index contributed by atoms with van der Waals surface area (Å²) in [6.07, 6.45) is 0.438. The highest BCUT2D eigenvalue weighted by Crippen LogP contribution is 2.20. The van der Waals surface area contributed by atoms with E-state index >= 15 is 0 Å². The SMILES string of the molecule is O=C(O)[C@@H](S)Cc1ccc(-c2ccccc2)cc1. The maximum atomic E-state index is 10.7. The molecule has 92 valence electrons. The standard InChI is InChI=1S/C15H14O2S/c16-15(17)14(18)10-11-6-8-13(9-7-11)12-4-2-1-3-5-12/h1-9,14,18H,10H2,(H,16,17)/t14-/m0/s1. The number of carbonyl (C=O) groups is 1. The van der Waals surface area contributed by atoms with Gasteiger partial charge in [-0.15, -0.1) is 0 Å². The molecule has 0 aliphatic rings. The zero-order valence-corrected chi connectivity index (χ0v) is 10.7. The molecule has 0 saturated heterocycles. The molecule has 0 amide bonds. The molecule has 0 heterocycles. The molecule has 2 aromatic carbocycles. The topological polar surface area (TPSA) is 37.3 Å². The van der Waals surface area contributed by atoms with Crippen LogP contribution in [0.3, 0.4) is 0 Å². The molecule has 0 bridgehead atoms. The zero-order chi connectivity index (χ0) is 13.0. The van der Waals surface area contributed by atoms with Gasteiger partial charge >= 0.3 is 5.97 Å². The van der Waals surface area contributed by atoms with Crippen molar-refractivity contribution in [2.75, 3.05) is 0 Å². The Kier molecular flexibility index (Phi) is 4.05. The molecular weight excluding hydrogens is 244 g/mol. The van der Waals surface area contributed by atoms with Crippen molar-refractivity contribution >= 4 is 18.6 Å². The molecule has 0 saturated carbocycles. The van der Waals surface area contributed by atoms with E-state index in [0.717, 1.165) is 16.7 Å². The first-order chi connectivity index (χ1) is 8.66. The number of aliphatic carboxylic acids is 1. The quantitative estimate of drug-likeness (QED) is 0.826. The van der Waals surface area contributed by atoms with Gasteiger partial charge in [0.05, 0.1) is 0 Å². The van der Waals surface area contributed by atoms with Crippen molar-refractivity contribution in [2.45, 2.75) is 11.7 Å². The third-order valence-electron chi connectivity index (χ3n) is 2.78. The van der Waals surface area contributed by atoms with Gasteiger partial charge in [-0.05, 0) is 23.1 Å². The molecule has 0 aliphatic carbocycles. The molecule has 0 radical (unpaired) electrons. The number of hydrogen-bond acceptors (Lipinski definition) is 2. The van der Waals surface area contributed by atoms with E-state index in [9.17, 15) is 4.79 Å². The van der Waals surface area contributed by atoms with Gasteiger partial charge in [-0.3, -0.25) is 4.79 Å². The number of benzene rings is 2. The van der Waals surface area contributed by atoms with Crippen molar-refractivity contribution in [3.05, 3.63) is 60.2 Å². The van der Waals surface area contributed by atoms with Crippen LogP contribution >= 0.6 is 12.6 Å². The summed E-state index contributed by atoms with van der Waals surface area (Å²) in [7, 11) is 0. The molecule has 0 spiro atoms. The predicted molar refractivity (Wildman–Crippen MR) is 76.0 cm³/mol. The first-order valence-electron chi connectivity index (χ1n) is 5.72. The Balaban J connectivity index is 2.13. The summed E-state index contributed by atoms with van der Waals surface area (Å²) in [5.74, 6) is -0.884. The first kappa shape index (κ1) is 12.7. The number of hydrogen-bond donors (Lipinski definition) is 2. The summed E-state index contributed by atoms with van der Waals surface area (Å²) in [6.45, 7) is 0. The normalized spacial score (nSPS) is 12.1. The van der Waals surface area contributed by atoms with Gasteiger partial charge in [0, 0.05) is 0 Å².